The van der Waals surface area contributed by atoms with Gasteiger partial charge in [0.15, 0.2) is 0 Å². The maximum atomic E-state index is 12.1. The van der Waals surface area contributed by atoms with E-state index in [9.17, 15) is 9.90 Å². The normalized spacial score (nSPS) is 14.8. The summed E-state index contributed by atoms with van der Waals surface area (Å²) in [6.45, 7) is 7.37. The number of benzene rings is 1. The number of aliphatic hydroxyl groups is 1. The van der Waals surface area contributed by atoms with Crippen molar-refractivity contribution in [3.05, 3.63) is 34.3 Å². The zero-order chi connectivity index (χ0) is 14.7. The van der Waals surface area contributed by atoms with Crippen molar-refractivity contribution in [2.75, 3.05) is 6.61 Å². The highest BCUT2D eigenvalue weighted by atomic mass is 79.9. The zero-order valence-electron chi connectivity index (χ0n) is 11.9. The lowest BCUT2D eigenvalue weighted by Gasteiger charge is -2.40. The fraction of sp³-hybridized carbons (Fsp3) is 0.533. The van der Waals surface area contributed by atoms with Crippen LogP contribution in [0.15, 0.2) is 28.7 Å². The van der Waals surface area contributed by atoms with Crippen molar-refractivity contribution in [3.63, 3.8) is 0 Å². The maximum absolute atomic E-state index is 12.1. The number of hydrogen-bond acceptors (Lipinski definition) is 3. The van der Waals surface area contributed by atoms with Crippen LogP contribution in [-0.2, 0) is 15.1 Å². The van der Waals surface area contributed by atoms with E-state index in [1.807, 2.05) is 31.2 Å². The molecule has 0 aromatic heterocycles. The van der Waals surface area contributed by atoms with Crippen LogP contribution in [0.5, 0.6) is 0 Å². The second-order valence-electron chi connectivity index (χ2n) is 5.07. The van der Waals surface area contributed by atoms with Crippen LogP contribution in [0, 0.1) is 5.41 Å². The molecule has 1 unspecified atom stereocenters. The Balaban J connectivity index is 3.22. The summed E-state index contributed by atoms with van der Waals surface area (Å²) in [6, 6.07) is 7.37. The molecule has 3 nitrogen and oxygen atoms in total. The minimum atomic E-state index is -1.25. The average molecular weight is 329 g/mol. The van der Waals surface area contributed by atoms with Gasteiger partial charge in [0.25, 0.3) is 0 Å². The van der Waals surface area contributed by atoms with Crippen LogP contribution < -0.4 is 0 Å². The van der Waals surface area contributed by atoms with Gasteiger partial charge in [-0.1, -0.05) is 35.0 Å². The van der Waals surface area contributed by atoms with Crippen LogP contribution >= 0.6 is 15.9 Å². The molecule has 0 saturated heterocycles. The minimum absolute atomic E-state index is 0.308. The molecule has 0 heterocycles. The highest BCUT2D eigenvalue weighted by Gasteiger charge is 2.49. The monoisotopic (exact) mass is 328 g/mol. The first-order chi connectivity index (χ1) is 8.79. The largest absolute Gasteiger partial charge is 0.465 e. The lowest BCUT2D eigenvalue weighted by atomic mass is 9.69. The first kappa shape index (κ1) is 16.2. The smallest absolute Gasteiger partial charge is 0.314 e. The van der Waals surface area contributed by atoms with Crippen LogP contribution in [0.2, 0.25) is 0 Å². The Morgan fingerprint density at radius 1 is 1.26 bits per heavy atom. The van der Waals surface area contributed by atoms with Gasteiger partial charge in [0.1, 0.15) is 5.60 Å². The number of halogens is 1. The summed E-state index contributed by atoms with van der Waals surface area (Å²) in [4.78, 5) is 12.1. The summed E-state index contributed by atoms with van der Waals surface area (Å²) in [7, 11) is 0. The van der Waals surface area contributed by atoms with E-state index in [0.29, 0.717) is 13.0 Å². The number of hydrogen-bond donors (Lipinski definition) is 1. The van der Waals surface area contributed by atoms with Crippen LogP contribution in [0.4, 0.5) is 0 Å². The first-order valence-corrected chi connectivity index (χ1v) is 7.24. The molecule has 0 amide bonds. The summed E-state index contributed by atoms with van der Waals surface area (Å²) in [6.07, 6.45) is 0.431. The van der Waals surface area contributed by atoms with Crippen molar-refractivity contribution < 1.29 is 14.6 Å². The zero-order valence-corrected chi connectivity index (χ0v) is 13.5. The third-order valence-electron chi connectivity index (χ3n) is 3.65. The topological polar surface area (TPSA) is 46.5 Å². The van der Waals surface area contributed by atoms with E-state index < -0.39 is 11.0 Å². The Morgan fingerprint density at radius 2 is 1.79 bits per heavy atom. The molecule has 0 aliphatic rings. The van der Waals surface area contributed by atoms with Gasteiger partial charge in [-0.05, 0) is 44.9 Å². The number of carbonyl (C=O) groups is 1. The van der Waals surface area contributed by atoms with E-state index in [0.717, 1.165) is 10.0 Å². The molecule has 1 aromatic carbocycles. The first-order valence-electron chi connectivity index (χ1n) is 6.45. The van der Waals surface area contributed by atoms with Gasteiger partial charge in [-0.15, -0.1) is 0 Å². The molecule has 0 spiro atoms. The molecule has 4 heteroatoms. The van der Waals surface area contributed by atoms with E-state index >= 15 is 0 Å². The summed E-state index contributed by atoms with van der Waals surface area (Å²) < 4.78 is 6.03. The molecule has 0 radical (unpaired) electrons. The lowest BCUT2D eigenvalue weighted by molar-refractivity contribution is -0.173. The third-order valence-corrected chi connectivity index (χ3v) is 4.18. The van der Waals surface area contributed by atoms with Gasteiger partial charge in [0, 0.05) is 4.47 Å². The van der Waals surface area contributed by atoms with E-state index in [1.54, 1.807) is 20.8 Å². The lowest BCUT2D eigenvalue weighted by Crippen LogP contribution is -2.47. The maximum Gasteiger partial charge on any atom is 0.314 e. The highest BCUT2D eigenvalue weighted by molar-refractivity contribution is 9.10. The summed E-state index contributed by atoms with van der Waals surface area (Å²) in [5.74, 6) is -0.387. The Kier molecular flexibility index (Phi) is 5.16. The van der Waals surface area contributed by atoms with Crippen molar-refractivity contribution in [3.8, 4) is 0 Å². The molecule has 1 atom stereocenters. The molecule has 0 saturated carbocycles. The number of carbonyl (C=O) groups excluding carboxylic acids is 1. The van der Waals surface area contributed by atoms with Gasteiger partial charge < -0.3 is 9.84 Å². The van der Waals surface area contributed by atoms with E-state index in [1.165, 1.54) is 0 Å². The molecule has 0 aliphatic heterocycles. The van der Waals surface area contributed by atoms with Gasteiger partial charge in [-0.25, -0.2) is 0 Å². The van der Waals surface area contributed by atoms with Gasteiger partial charge >= 0.3 is 5.97 Å². The molecule has 1 aromatic rings. The Hall–Kier alpha value is -0.870. The van der Waals surface area contributed by atoms with Gasteiger partial charge in [-0.3, -0.25) is 4.79 Å². The van der Waals surface area contributed by atoms with Crippen molar-refractivity contribution in [2.24, 2.45) is 5.41 Å². The molecule has 106 valence electrons. The van der Waals surface area contributed by atoms with Crippen molar-refractivity contribution in [1.82, 2.24) is 0 Å². The molecule has 1 N–H and O–H groups in total. The number of esters is 1. The SMILES string of the molecule is CCOC(=O)C(C)(C)C(O)(CC)c1ccc(Br)cc1. The average Bonchev–Trinajstić information content (AvgIpc) is 2.38. The number of rotatable bonds is 5. The molecule has 0 fully saturated rings. The molecule has 19 heavy (non-hydrogen) atoms. The van der Waals surface area contributed by atoms with Gasteiger partial charge in [0.05, 0.1) is 12.0 Å². The van der Waals surface area contributed by atoms with Crippen molar-refractivity contribution >= 4 is 21.9 Å². The van der Waals surface area contributed by atoms with E-state index in [2.05, 4.69) is 15.9 Å². The second kappa shape index (κ2) is 6.06. The fourth-order valence-electron chi connectivity index (χ4n) is 2.21. The third kappa shape index (κ3) is 3.00. The Bertz CT molecular complexity index is 439. The van der Waals surface area contributed by atoms with Crippen LogP contribution in [-0.4, -0.2) is 17.7 Å². The van der Waals surface area contributed by atoms with E-state index in [-0.39, 0.29) is 5.97 Å². The summed E-state index contributed by atoms with van der Waals surface area (Å²) in [5.41, 5.74) is -1.54. The minimum Gasteiger partial charge on any atom is -0.465 e. The Labute approximate surface area is 123 Å². The Morgan fingerprint density at radius 3 is 2.21 bits per heavy atom. The van der Waals surface area contributed by atoms with Crippen LogP contribution in [0.3, 0.4) is 0 Å². The van der Waals surface area contributed by atoms with Gasteiger partial charge in [0.2, 0.25) is 0 Å². The van der Waals surface area contributed by atoms with Crippen molar-refractivity contribution in [2.45, 2.75) is 39.7 Å². The van der Waals surface area contributed by atoms with Gasteiger partial charge in [-0.2, -0.15) is 0 Å². The summed E-state index contributed by atoms with van der Waals surface area (Å²) in [5, 5.41) is 11.0. The summed E-state index contributed by atoms with van der Waals surface area (Å²) >= 11 is 3.37. The molecular formula is C15H21BrO3. The predicted molar refractivity (Wildman–Crippen MR) is 78.7 cm³/mol. The van der Waals surface area contributed by atoms with E-state index in [4.69, 9.17) is 4.74 Å². The molecule has 1 rings (SSSR count). The molecule has 0 aliphatic carbocycles. The molecular weight excluding hydrogens is 308 g/mol. The number of ether oxygens (including phenoxy) is 1. The van der Waals surface area contributed by atoms with Crippen LogP contribution in [0.25, 0.3) is 0 Å². The predicted octanol–water partition coefficient (Wildman–Crippen LogP) is 3.64. The molecule has 0 bridgehead atoms. The quantitative estimate of drug-likeness (QED) is 0.839. The standard InChI is InChI=1S/C15H21BrO3/c1-5-15(18,11-7-9-12(16)10-8-11)14(3,4)13(17)19-6-2/h7-10,18H,5-6H2,1-4H3. The van der Waals surface area contributed by atoms with Crippen LogP contribution in [0.1, 0.15) is 39.7 Å². The second-order valence-corrected chi connectivity index (χ2v) is 5.98. The fourth-order valence-corrected chi connectivity index (χ4v) is 2.48. The van der Waals surface area contributed by atoms with Crippen molar-refractivity contribution in [1.29, 1.82) is 0 Å². The highest BCUT2D eigenvalue weighted by Crippen LogP contribution is 2.43.